The van der Waals surface area contributed by atoms with Crippen LogP contribution in [0.1, 0.15) is 31.2 Å². The second-order valence-corrected chi connectivity index (χ2v) is 8.03. The van der Waals surface area contributed by atoms with E-state index in [9.17, 15) is 18.5 Å². The van der Waals surface area contributed by atoms with Gasteiger partial charge < -0.3 is 9.15 Å². The molecule has 3 aromatic rings. The summed E-state index contributed by atoms with van der Waals surface area (Å²) in [6, 6.07) is 12.1. The molecular formula is C19H20N2O6S. The summed E-state index contributed by atoms with van der Waals surface area (Å²) in [5.41, 5.74) is 0.934. The molecule has 1 aromatic heterocycles. The zero-order valence-corrected chi connectivity index (χ0v) is 16.2. The summed E-state index contributed by atoms with van der Waals surface area (Å²) < 4.78 is 38.9. The minimum absolute atomic E-state index is 0.0881. The highest BCUT2D eigenvalue weighted by Crippen LogP contribution is 2.31. The predicted molar refractivity (Wildman–Crippen MR) is 105 cm³/mol. The Labute approximate surface area is 162 Å². The van der Waals surface area contributed by atoms with Crippen molar-refractivity contribution in [3.63, 3.8) is 0 Å². The van der Waals surface area contributed by atoms with Crippen LogP contribution in [0, 0.1) is 10.1 Å². The average molecular weight is 404 g/mol. The molecule has 0 bridgehead atoms. The third-order valence-electron chi connectivity index (χ3n) is 4.11. The van der Waals surface area contributed by atoms with E-state index in [1.807, 2.05) is 19.1 Å². The monoisotopic (exact) mass is 404 g/mol. The van der Waals surface area contributed by atoms with E-state index in [4.69, 9.17) is 9.15 Å². The highest BCUT2D eigenvalue weighted by molar-refractivity contribution is 7.88. The van der Waals surface area contributed by atoms with Gasteiger partial charge in [0.25, 0.3) is 5.69 Å². The summed E-state index contributed by atoms with van der Waals surface area (Å²) >= 11 is 0. The standard InChI is InChI=1S/C19H20N2O6S/c1-3-26-17-6-4-5-15-11-18(27-19(15)17)13(2)20-28(24,25)12-14-7-9-16(10-8-14)21(22)23/h4-11,13,20H,3,12H2,1-2H3. The van der Waals surface area contributed by atoms with Crippen molar-refractivity contribution in [1.29, 1.82) is 0 Å². The molecule has 0 radical (unpaired) electrons. The lowest BCUT2D eigenvalue weighted by atomic mass is 10.2. The van der Waals surface area contributed by atoms with E-state index in [1.54, 1.807) is 19.1 Å². The lowest BCUT2D eigenvalue weighted by Crippen LogP contribution is -2.27. The van der Waals surface area contributed by atoms with Crippen LogP contribution in [0.25, 0.3) is 11.0 Å². The number of nitrogens with zero attached hydrogens (tertiary/aromatic N) is 1. The van der Waals surface area contributed by atoms with Gasteiger partial charge in [0.1, 0.15) is 5.76 Å². The van der Waals surface area contributed by atoms with Gasteiger partial charge in [-0.1, -0.05) is 24.3 Å². The Morgan fingerprint density at radius 1 is 1.21 bits per heavy atom. The Hall–Kier alpha value is -2.91. The number of nitro benzene ring substituents is 1. The molecule has 0 aliphatic carbocycles. The smallest absolute Gasteiger partial charge is 0.269 e. The van der Waals surface area contributed by atoms with Crippen LogP contribution in [-0.4, -0.2) is 19.9 Å². The molecule has 1 N–H and O–H groups in total. The molecule has 0 fully saturated rings. The number of benzene rings is 2. The molecule has 3 rings (SSSR count). The first-order chi connectivity index (χ1) is 13.3. The first-order valence-corrected chi connectivity index (χ1v) is 10.3. The number of nitrogens with one attached hydrogen (secondary N) is 1. The third-order valence-corrected chi connectivity index (χ3v) is 5.54. The van der Waals surface area contributed by atoms with Gasteiger partial charge in [0.05, 0.1) is 23.3 Å². The number of fused-ring (bicyclic) bond motifs is 1. The number of nitro groups is 1. The van der Waals surface area contributed by atoms with Crippen molar-refractivity contribution in [2.75, 3.05) is 6.61 Å². The van der Waals surface area contributed by atoms with Crippen LogP contribution in [0.5, 0.6) is 5.75 Å². The Morgan fingerprint density at radius 2 is 1.93 bits per heavy atom. The predicted octanol–water partition coefficient (Wildman–Crippen LogP) is 3.92. The van der Waals surface area contributed by atoms with E-state index >= 15 is 0 Å². The summed E-state index contributed by atoms with van der Waals surface area (Å²) in [4.78, 5) is 10.2. The lowest BCUT2D eigenvalue weighted by molar-refractivity contribution is -0.384. The van der Waals surface area contributed by atoms with Gasteiger partial charge in [-0.25, -0.2) is 13.1 Å². The van der Waals surface area contributed by atoms with Crippen LogP contribution in [0.3, 0.4) is 0 Å². The summed E-state index contributed by atoms with van der Waals surface area (Å²) in [6.45, 7) is 4.05. The van der Waals surface area contributed by atoms with E-state index in [0.717, 1.165) is 5.39 Å². The molecule has 0 saturated carbocycles. The molecule has 1 heterocycles. The van der Waals surface area contributed by atoms with Gasteiger partial charge in [-0.15, -0.1) is 0 Å². The maximum Gasteiger partial charge on any atom is 0.269 e. The van der Waals surface area contributed by atoms with E-state index in [2.05, 4.69) is 4.72 Å². The quantitative estimate of drug-likeness (QED) is 0.450. The molecule has 0 saturated heterocycles. The van der Waals surface area contributed by atoms with Gasteiger partial charge in [0.15, 0.2) is 11.3 Å². The molecule has 2 aromatic carbocycles. The lowest BCUT2D eigenvalue weighted by Gasteiger charge is -2.12. The number of sulfonamides is 1. The van der Waals surface area contributed by atoms with Crippen molar-refractivity contribution in [1.82, 2.24) is 4.72 Å². The topological polar surface area (TPSA) is 112 Å². The summed E-state index contributed by atoms with van der Waals surface area (Å²) in [5.74, 6) is 0.779. The van der Waals surface area contributed by atoms with Crippen molar-refractivity contribution in [2.24, 2.45) is 0 Å². The molecule has 148 valence electrons. The fraction of sp³-hybridized carbons (Fsp3) is 0.263. The zero-order chi connectivity index (χ0) is 20.3. The summed E-state index contributed by atoms with van der Waals surface area (Å²) in [7, 11) is -3.68. The van der Waals surface area contributed by atoms with Crippen molar-refractivity contribution in [3.05, 3.63) is 70.0 Å². The highest BCUT2D eigenvalue weighted by Gasteiger charge is 2.20. The van der Waals surface area contributed by atoms with Crippen molar-refractivity contribution >= 4 is 26.7 Å². The molecule has 1 unspecified atom stereocenters. The van der Waals surface area contributed by atoms with Gasteiger partial charge in [0, 0.05) is 17.5 Å². The summed E-state index contributed by atoms with van der Waals surface area (Å²) in [6.07, 6.45) is 0. The SMILES string of the molecule is CCOc1cccc2cc(C(C)NS(=O)(=O)Cc3ccc([N+](=O)[O-])cc3)oc12. The second kappa shape index (κ2) is 7.99. The van der Waals surface area contributed by atoms with Crippen LogP contribution in [0.2, 0.25) is 0 Å². The van der Waals surface area contributed by atoms with Crippen LogP contribution in [0.4, 0.5) is 5.69 Å². The first-order valence-electron chi connectivity index (χ1n) is 8.67. The Balaban J connectivity index is 1.75. The number of rotatable bonds is 8. The normalized spacial score (nSPS) is 12.8. The molecule has 0 aliphatic rings. The second-order valence-electron chi connectivity index (χ2n) is 6.28. The zero-order valence-electron chi connectivity index (χ0n) is 15.4. The number of furan rings is 1. The number of ether oxygens (including phenoxy) is 1. The molecule has 8 nitrogen and oxygen atoms in total. The van der Waals surface area contributed by atoms with E-state index in [-0.39, 0.29) is 11.4 Å². The van der Waals surface area contributed by atoms with Gasteiger partial charge >= 0.3 is 0 Å². The Kier molecular flexibility index (Phi) is 5.66. The minimum atomic E-state index is -3.68. The van der Waals surface area contributed by atoms with Gasteiger partial charge in [0.2, 0.25) is 10.0 Å². The number of hydrogen-bond acceptors (Lipinski definition) is 6. The number of non-ortho nitro benzene ring substituents is 1. The van der Waals surface area contributed by atoms with E-state index in [1.165, 1.54) is 24.3 Å². The molecule has 0 spiro atoms. The van der Waals surface area contributed by atoms with Crippen molar-refractivity contribution < 1.29 is 22.5 Å². The van der Waals surface area contributed by atoms with Crippen LogP contribution < -0.4 is 9.46 Å². The number of para-hydroxylation sites is 1. The molecule has 0 amide bonds. The van der Waals surface area contributed by atoms with E-state index in [0.29, 0.717) is 29.3 Å². The molecular weight excluding hydrogens is 384 g/mol. The number of hydrogen-bond donors (Lipinski definition) is 1. The average Bonchev–Trinajstić information content (AvgIpc) is 3.07. The fourth-order valence-corrected chi connectivity index (χ4v) is 4.21. The first kappa shape index (κ1) is 19.8. The fourth-order valence-electron chi connectivity index (χ4n) is 2.84. The van der Waals surface area contributed by atoms with Crippen LogP contribution >= 0.6 is 0 Å². The maximum atomic E-state index is 12.5. The minimum Gasteiger partial charge on any atom is -0.490 e. The van der Waals surface area contributed by atoms with Crippen molar-refractivity contribution in [2.45, 2.75) is 25.6 Å². The Bertz CT molecular complexity index is 1090. The van der Waals surface area contributed by atoms with Gasteiger partial charge in [-0.2, -0.15) is 0 Å². The highest BCUT2D eigenvalue weighted by atomic mass is 32.2. The van der Waals surface area contributed by atoms with E-state index < -0.39 is 21.0 Å². The molecule has 1 atom stereocenters. The molecule has 28 heavy (non-hydrogen) atoms. The molecule has 0 aliphatic heterocycles. The van der Waals surface area contributed by atoms with Crippen molar-refractivity contribution in [3.8, 4) is 5.75 Å². The maximum absolute atomic E-state index is 12.5. The third kappa shape index (κ3) is 4.49. The summed E-state index contributed by atoms with van der Waals surface area (Å²) in [5, 5.41) is 11.5. The Morgan fingerprint density at radius 3 is 2.57 bits per heavy atom. The van der Waals surface area contributed by atoms with Crippen LogP contribution in [-0.2, 0) is 15.8 Å². The van der Waals surface area contributed by atoms with Crippen LogP contribution in [0.15, 0.2) is 52.9 Å². The van der Waals surface area contributed by atoms with Gasteiger partial charge in [-0.3, -0.25) is 10.1 Å². The largest absolute Gasteiger partial charge is 0.490 e. The molecule has 9 heteroatoms. The van der Waals surface area contributed by atoms with Gasteiger partial charge in [-0.05, 0) is 31.5 Å².